The summed E-state index contributed by atoms with van der Waals surface area (Å²) in [5.74, 6) is -10.7. The van der Waals surface area contributed by atoms with Gasteiger partial charge >= 0.3 is 12.1 Å². The number of nitrogens with two attached hydrogens (primary N) is 1. The largest absolute Gasteiger partial charge is 0.461 e. The van der Waals surface area contributed by atoms with Gasteiger partial charge in [-0.1, -0.05) is 27.7 Å². The highest BCUT2D eigenvalue weighted by molar-refractivity contribution is 5.96. The van der Waals surface area contributed by atoms with Crippen LogP contribution >= 0.6 is 0 Å². The van der Waals surface area contributed by atoms with E-state index in [-0.39, 0.29) is 18.9 Å². The molecule has 0 aromatic heterocycles. The minimum Gasteiger partial charge on any atom is -0.344 e. The van der Waals surface area contributed by atoms with Crippen molar-refractivity contribution < 1.29 is 36.3 Å². The maximum absolute atomic E-state index is 13.5. The fraction of sp³-hybridized carbons (Fsp3) is 0.833. The summed E-state index contributed by atoms with van der Waals surface area (Å²) in [5, 5.41) is 2.01. The van der Waals surface area contributed by atoms with Crippen LogP contribution in [0.25, 0.3) is 0 Å². The number of carbonyl (C=O) groups is 3. The quantitative estimate of drug-likeness (QED) is 0.608. The second-order valence-electron chi connectivity index (χ2n) is 7.98. The summed E-state index contributed by atoms with van der Waals surface area (Å²) in [4.78, 5) is 38.4. The van der Waals surface area contributed by atoms with Crippen molar-refractivity contribution in [2.45, 2.75) is 77.2 Å². The van der Waals surface area contributed by atoms with Gasteiger partial charge in [0, 0.05) is 6.54 Å². The molecular weight excluding hydrogens is 401 g/mol. The fourth-order valence-electron chi connectivity index (χ4n) is 3.06. The molecule has 2 unspecified atom stereocenters. The number of piperidine rings is 1. The Hall–Kier alpha value is -1.78. The van der Waals surface area contributed by atoms with Crippen molar-refractivity contribution in [1.29, 1.82) is 0 Å². The number of nitrogens with zero attached hydrogens (tertiary/aromatic N) is 1. The number of ketones is 1. The van der Waals surface area contributed by atoms with E-state index in [1.165, 1.54) is 18.7 Å². The van der Waals surface area contributed by atoms with E-state index >= 15 is 0 Å². The first-order valence-electron chi connectivity index (χ1n) is 9.48. The van der Waals surface area contributed by atoms with Crippen molar-refractivity contribution in [2.24, 2.45) is 17.6 Å². The average Bonchev–Trinajstić information content (AvgIpc) is 2.62. The van der Waals surface area contributed by atoms with Gasteiger partial charge in [0.05, 0.1) is 12.1 Å². The van der Waals surface area contributed by atoms with E-state index in [1.54, 1.807) is 13.8 Å². The summed E-state index contributed by atoms with van der Waals surface area (Å²) in [6, 6.07) is -4.04. The van der Waals surface area contributed by atoms with Crippen LogP contribution in [0.5, 0.6) is 0 Å². The molecule has 3 N–H and O–H groups in total. The van der Waals surface area contributed by atoms with Crippen LogP contribution in [0.4, 0.5) is 22.0 Å². The lowest BCUT2D eigenvalue weighted by Crippen LogP contribution is -2.61. The lowest BCUT2D eigenvalue weighted by atomic mass is 9.93. The van der Waals surface area contributed by atoms with Crippen molar-refractivity contribution in [3.8, 4) is 0 Å². The zero-order valence-electron chi connectivity index (χ0n) is 16.9. The van der Waals surface area contributed by atoms with Crippen molar-refractivity contribution >= 4 is 17.6 Å². The standard InChI is InChI=1S/C18H28F5N3O3/c1-9(2)12(24)16(29)26-8-6-5-7-11(26)15(28)25-13(10(3)4)14(27)17(19,20)18(21,22)23/h9-13H,5-8,24H2,1-4H3,(H,25,28)/t11?,12-,13?/m0/s1. The average molecular weight is 429 g/mol. The van der Waals surface area contributed by atoms with Gasteiger partial charge in [-0.05, 0) is 31.1 Å². The number of hydrogen-bond donors (Lipinski definition) is 2. The van der Waals surface area contributed by atoms with Gasteiger partial charge < -0.3 is 16.0 Å². The molecule has 29 heavy (non-hydrogen) atoms. The number of rotatable bonds is 7. The molecule has 6 nitrogen and oxygen atoms in total. The first-order valence-corrected chi connectivity index (χ1v) is 9.48. The van der Waals surface area contributed by atoms with Crippen molar-refractivity contribution in [1.82, 2.24) is 10.2 Å². The molecule has 0 aromatic carbocycles. The third kappa shape index (κ3) is 5.64. The molecule has 0 spiro atoms. The Morgan fingerprint density at radius 3 is 2.00 bits per heavy atom. The molecular formula is C18H28F5N3O3. The lowest BCUT2D eigenvalue weighted by Gasteiger charge is -2.38. The smallest absolute Gasteiger partial charge is 0.344 e. The van der Waals surface area contributed by atoms with Crippen LogP contribution in [0.2, 0.25) is 0 Å². The summed E-state index contributed by atoms with van der Waals surface area (Å²) in [6.07, 6.45) is -4.73. The van der Waals surface area contributed by atoms with Gasteiger partial charge in [-0.15, -0.1) is 0 Å². The van der Waals surface area contributed by atoms with E-state index < -0.39 is 53.7 Å². The maximum atomic E-state index is 13.5. The van der Waals surface area contributed by atoms with E-state index in [9.17, 15) is 36.3 Å². The summed E-state index contributed by atoms with van der Waals surface area (Å²) >= 11 is 0. The summed E-state index contributed by atoms with van der Waals surface area (Å²) in [6.45, 7) is 6.13. The number of Topliss-reactive ketones (excluding diaryl/α,β-unsaturated/α-hetero) is 1. The predicted molar refractivity (Wildman–Crippen MR) is 94.9 cm³/mol. The molecule has 1 rings (SSSR count). The predicted octanol–water partition coefficient (Wildman–Crippen LogP) is 2.26. The zero-order valence-corrected chi connectivity index (χ0v) is 16.9. The highest BCUT2D eigenvalue weighted by atomic mass is 19.4. The van der Waals surface area contributed by atoms with Gasteiger partial charge in [-0.25, -0.2) is 0 Å². The molecule has 1 heterocycles. The molecule has 1 aliphatic rings. The van der Waals surface area contributed by atoms with E-state index in [0.29, 0.717) is 12.8 Å². The molecule has 0 bridgehead atoms. The van der Waals surface area contributed by atoms with Crippen LogP contribution in [-0.2, 0) is 14.4 Å². The Bertz CT molecular complexity index is 622. The Labute approximate surface area is 166 Å². The van der Waals surface area contributed by atoms with E-state index in [1.807, 2.05) is 5.32 Å². The summed E-state index contributed by atoms with van der Waals surface area (Å²) in [5.41, 5.74) is 5.85. The van der Waals surface area contributed by atoms with Gasteiger partial charge in [0.15, 0.2) is 0 Å². The number of halogens is 5. The SMILES string of the molecule is CC(C)C(NC(=O)C1CCCCN1C(=O)[C@@H](N)C(C)C)C(=O)C(F)(F)C(F)(F)F. The van der Waals surface area contributed by atoms with Crippen molar-refractivity contribution in [3.63, 3.8) is 0 Å². The van der Waals surface area contributed by atoms with E-state index in [2.05, 4.69) is 0 Å². The Morgan fingerprint density at radius 1 is 1.00 bits per heavy atom. The van der Waals surface area contributed by atoms with Crippen LogP contribution in [-0.4, -0.2) is 59.3 Å². The molecule has 0 radical (unpaired) electrons. The number of amides is 2. The normalized spacial score (nSPS) is 20.6. The van der Waals surface area contributed by atoms with Gasteiger partial charge in [-0.2, -0.15) is 22.0 Å². The molecule has 2 amide bonds. The number of nitrogens with one attached hydrogen (secondary N) is 1. The molecule has 0 saturated carbocycles. The molecule has 3 atom stereocenters. The third-order valence-electron chi connectivity index (χ3n) is 5.00. The minimum absolute atomic E-state index is 0.192. The summed E-state index contributed by atoms with van der Waals surface area (Å²) in [7, 11) is 0. The highest BCUT2D eigenvalue weighted by Crippen LogP contribution is 2.37. The molecule has 1 aliphatic heterocycles. The van der Waals surface area contributed by atoms with Crippen LogP contribution in [0, 0.1) is 11.8 Å². The van der Waals surface area contributed by atoms with Crippen LogP contribution in [0.3, 0.4) is 0 Å². The maximum Gasteiger partial charge on any atom is 0.461 e. The van der Waals surface area contributed by atoms with Crippen LogP contribution in [0.15, 0.2) is 0 Å². The topological polar surface area (TPSA) is 92.5 Å². The van der Waals surface area contributed by atoms with Crippen molar-refractivity contribution in [2.75, 3.05) is 6.54 Å². The number of likely N-dealkylation sites (tertiary alicyclic amines) is 1. The fourth-order valence-corrected chi connectivity index (χ4v) is 3.06. The van der Waals surface area contributed by atoms with Gasteiger partial charge in [0.25, 0.3) is 0 Å². The first-order chi connectivity index (χ1) is 13.1. The molecule has 0 aromatic rings. The van der Waals surface area contributed by atoms with Crippen LogP contribution < -0.4 is 11.1 Å². The lowest BCUT2D eigenvalue weighted by molar-refractivity contribution is -0.270. The molecule has 1 fully saturated rings. The Morgan fingerprint density at radius 2 is 1.55 bits per heavy atom. The number of hydrogen-bond acceptors (Lipinski definition) is 4. The Kier molecular flexibility index (Phi) is 8.15. The Balaban J connectivity index is 3.07. The minimum atomic E-state index is -6.07. The third-order valence-corrected chi connectivity index (χ3v) is 5.00. The summed E-state index contributed by atoms with van der Waals surface area (Å²) < 4.78 is 64.8. The van der Waals surface area contributed by atoms with Gasteiger partial charge in [0.2, 0.25) is 17.6 Å². The van der Waals surface area contributed by atoms with E-state index in [0.717, 1.165) is 0 Å². The van der Waals surface area contributed by atoms with Crippen molar-refractivity contribution in [3.05, 3.63) is 0 Å². The molecule has 11 heteroatoms. The second kappa shape index (κ2) is 9.36. The first kappa shape index (κ1) is 25.3. The van der Waals surface area contributed by atoms with Gasteiger partial charge in [0.1, 0.15) is 6.04 Å². The van der Waals surface area contributed by atoms with Crippen LogP contribution in [0.1, 0.15) is 47.0 Å². The molecule has 0 aliphatic carbocycles. The number of carbonyl (C=O) groups excluding carboxylic acids is 3. The monoisotopic (exact) mass is 429 g/mol. The second-order valence-corrected chi connectivity index (χ2v) is 7.98. The van der Waals surface area contributed by atoms with E-state index in [4.69, 9.17) is 5.73 Å². The van der Waals surface area contributed by atoms with Gasteiger partial charge in [-0.3, -0.25) is 14.4 Å². The molecule has 1 saturated heterocycles. The highest BCUT2D eigenvalue weighted by Gasteiger charge is 2.64. The number of alkyl halides is 5. The zero-order chi connectivity index (χ0) is 22.7. The molecule has 168 valence electrons.